The minimum Gasteiger partial charge on any atom is -0.490 e. The lowest BCUT2D eigenvalue weighted by atomic mass is 10.1. The molecule has 1 N–H and O–H groups in total. The Bertz CT molecular complexity index is 398. The van der Waals surface area contributed by atoms with E-state index in [-0.39, 0.29) is 0 Å². The summed E-state index contributed by atoms with van der Waals surface area (Å²) in [6, 6.07) is 6.91. The Hall–Kier alpha value is -1.06. The van der Waals surface area contributed by atoms with Crippen molar-refractivity contribution in [1.82, 2.24) is 5.32 Å². The molecule has 0 atom stereocenters. The van der Waals surface area contributed by atoms with Gasteiger partial charge in [0.2, 0.25) is 0 Å². The van der Waals surface area contributed by atoms with Crippen molar-refractivity contribution in [2.75, 3.05) is 13.2 Å². The summed E-state index contributed by atoms with van der Waals surface area (Å²) >= 11 is 0. The van der Waals surface area contributed by atoms with Crippen LogP contribution in [0.5, 0.6) is 5.75 Å². The molecule has 0 spiro atoms. The van der Waals surface area contributed by atoms with Gasteiger partial charge in [-0.1, -0.05) is 31.5 Å². The van der Waals surface area contributed by atoms with Gasteiger partial charge in [0.05, 0.1) is 13.2 Å². The predicted molar refractivity (Wildman–Crippen MR) is 77.6 cm³/mol. The lowest BCUT2D eigenvalue weighted by Crippen LogP contribution is -2.27. The molecule has 0 aromatic heterocycles. The summed E-state index contributed by atoms with van der Waals surface area (Å²) in [4.78, 5) is 0. The molecule has 1 aromatic rings. The molecule has 0 bridgehead atoms. The number of rotatable bonds is 5. The molecule has 0 aliphatic carbocycles. The van der Waals surface area contributed by atoms with E-state index in [9.17, 15) is 0 Å². The van der Waals surface area contributed by atoms with Gasteiger partial charge in [0.1, 0.15) is 11.9 Å². The second-order valence-electron chi connectivity index (χ2n) is 5.58. The monoisotopic (exact) mass is 263 g/mol. The van der Waals surface area contributed by atoms with Gasteiger partial charge in [-0.15, -0.1) is 0 Å². The number of hydrogen-bond donors (Lipinski definition) is 1. The molecule has 1 saturated heterocycles. The van der Waals surface area contributed by atoms with Crippen molar-refractivity contribution in [2.45, 2.75) is 52.3 Å². The summed E-state index contributed by atoms with van der Waals surface area (Å²) in [5.41, 5.74) is 2.53. The van der Waals surface area contributed by atoms with Crippen LogP contribution in [0.1, 0.15) is 37.8 Å². The molecule has 3 nitrogen and oxygen atoms in total. The van der Waals surface area contributed by atoms with Crippen LogP contribution in [0.25, 0.3) is 0 Å². The largest absolute Gasteiger partial charge is 0.490 e. The first-order valence-corrected chi connectivity index (χ1v) is 7.22. The average Bonchev–Trinajstić information content (AvgIpc) is 2.40. The minimum atomic E-state index is 0.300. The Morgan fingerprint density at radius 2 is 2.05 bits per heavy atom. The van der Waals surface area contributed by atoms with Crippen LogP contribution in [-0.2, 0) is 11.3 Å². The standard InChI is InChI=1S/C16H25NO2/c1-12(2)17-11-14-10-13(3)4-5-16(14)19-15-6-8-18-9-7-15/h4-5,10,12,15,17H,6-9,11H2,1-3H3. The fourth-order valence-corrected chi connectivity index (χ4v) is 2.25. The first-order chi connectivity index (χ1) is 9.15. The number of ether oxygens (including phenoxy) is 2. The van der Waals surface area contributed by atoms with Gasteiger partial charge in [-0.25, -0.2) is 0 Å². The van der Waals surface area contributed by atoms with Gasteiger partial charge < -0.3 is 14.8 Å². The molecule has 3 heteroatoms. The average molecular weight is 263 g/mol. The molecule has 19 heavy (non-hydrogen) atoms. The predicted octanol–water partition coefficient (Wildman–Crippen LogP) is 3.05. The number of nitrogens with one attached hydrogen (secondary N) is 1. The Morgan fingerprint density at radius 1 is 1.32 bits per heavy atom. The van der Waals surface area contributed by atoms with Crippen LogP contribution in [0.3, 0.4) is 0 Å². The van der Waals surface area contributed by atoms with Crippen LogP contribution in [0.15, 0.2) is 18.2 Å². The highest BCUT2D eigenvalue weighted by molar-refractivity contribution is 5.37. The zero-order valence-electron chi connectivity index (χ0n) is 12.2. The molecular weight excluding hydrogens is 238 g/mol. The molecule has 0 saturated carbocycles. The van der Waals surface area contributed by atoms with E-state index in [1.165, 1.54) is 11.1 Å². The molecule has 1 aliphatic rings. The molecule has 0 amide bonds. The van der Waals surface area contributed by atoms with Crippen LogP contribution in [0.2, 0.25) is 0 Å². The SMILES string of the molecule is Cc1ccc(OC2CCOCC2)c(CNC(C)C)c1. The highest BCUT2D eigenvalue weighted by atomic mass is 16.5. The summed E-state index contributed by atoms with van der Waals surface area (Å²) in [6.07, 6.45) is 2.28. The molecule has 1 heterocycles. The fraction of sp³-hybridized carbons (Fsp3) is 0.625. The Balaban J connectivity index is 2.04. The van der Waals surface area contributed by atoms with E-state index in [1.807, 2.05) is 0 Å². The smallest absolute Gasteiger partial charge is 0.124 e. The molecule has 1 fully saturated rings. The van der Waals surface area contributed by atoms with Gasteiger partial charge >= 0.3 is 0 Å². The number of aryl methyl sites for hydroxylation is 1. The van der Waals surface area contributed by atoms with Gasteiger partial charge in [-0.3, -0.25) is 0 Å². The molecule has 2 rings (SSSR count). The summed E-state index contributed by atoms with van der Waals surface area (Å²) in [6.45, 7) is 8.94. The third-order valence-corrected chi connectivity index (χ3v) is 3.38. The normalized spacial score (nSPS) is 16.8. The first kappa shape index (κ1) is 14.4. The van der Waals surface area contributed by atoms with Crippen molar-refractivity contribution >= 4 is 0 Å². The third kappa shape index (κ3) is 4.51. The van der Waals surface area contributed by atoms with Crippen molar-refractivity contribution in [3.05, 3.63) is 29.3 Å². The summed E-state index contributed by atoms with van der Waals surface area (Å²) in [7, 11) is 0. The van der Waals surface area contributed by atoms with Crippen molar-refractivity contribution < 1.29 is 9.47 Å². The second-order valence-corrected chi connectivity index (χ2v) is 5.58. The fourth-order valence-electron chi connectivity index (χ4n) is 2.25. The zero-order valence-corrected chi connectivity index (χ0v) is 12.2. The second kappa shape index (κ2) is 6.92. The first-order valence-electron chi connectivity index (χ1n) is 7.22. The van der Waals surface area contributed by atoms with Crippen molar-refractivity contribution in [1.29, 1.82) is 0 Å². The lowest BCUT2D eigenvalue weighted by Gasteiger charge is -2.25. The summed E-state index contributed by atoms with van der Waals surface area (Å²) in [5, 5.41) is 3.46. The van der Waals surface area contributed by atoms with Crippen molar-refractivity contribution in [2.24, 2.45) is 0 Å². The van der Waals surface area contributed by atoms with Crippen LogP contribution in [0, 0.1) is 6.92 Å². The van der Waals surface area contributed by atoms with E-state index >= 15 is 0 Å². The van der Waals surface area contributed by atoms with Gasteiger partial charge in [0.25, 0.3) is 0 Å². The zero-order chi connectivity index (χ0) is 13.7. The molecule has 0 unspecified atom stereocenters. The summed E-state index contributed by atoms with van der Waals surface area (Å²) < 4.78 is 11.5. The van der Waals surface area contributed by atoms with E-state index in [2.05, 4.69) is 44.3 Å². The van der Waals surface area contributed by atoms with Crippen LogP contribution < -0.4 is 10.1 Å². The van der Waals surface area contributed by atoms with Crippen molar-refractivity contribution in [3.8, 4) is 5.75 Å². The number of hydrogen-bond acceptors (Lipinski definition) is 3. The highest BCUT2D eigenvalue weighted by Crippen LogP contribution is 2.24. The van der Waals surface area contributed by atoms with Crippen LogP contribution >= 0.6 is 0 Å². The summed E-state index contributed by atoms with van der Waals surface area (Å²) in [5.74, 6) is 1.02. The third-order valence-electron chi connectivity index (χ3n) is 3.38. The minimum absolute atomic E-state index is 0.300. The lowest BCUT2D eigenvalue weighted by molar-refractivity contribution is 0.0251. The van der Waals surface area contributed by atoms with Crippen molar-refractivity contribution in [3.63, 3.8) is 0 Å². The molecule has 1 aliphatic heterocycles. The topological polar surface area (TPSA) is 30.5 Å². The maximum atomic E-state index is 6.15. The van der Waals surface area contributed by atoms with E-state index < -0.39 is 0 Å². The maximum Gasteiger partial charge on any atom is 0.124 e. The van der Waals surface area contributed by atoms with Gasteiger partial charge in [-0.2, -0.15) is 0 Å². The van der Waals surface area contributed by atoms with E-state index in [1.54, 1.807) is 0 Å². The quantitative estimate of drug-likeness (QED) is 0.885. The Morgan fingerprint density at radius 3 is 2.74 bits per heavy atom. The molecular formula is C16H25NO2. The maximum absolute atomic E-state index is 6.15. The van der Waals surface area contributed by atoms with Gasteiger partial charge in [0, 0.05) is 31.0 Å². The van der Waals surface area contributed by atoms with Gasteiger partial charge in [0.15, 0.2) is 0 Å². The highest BCUT2D eigenvalue weighted by Gasteiger charge is 2.16. The van der Waals surface area contributed by atoms with Gasteiger partial charge in [-0.05, 0) is 13.0 Å². The molecule has 0 radical (unpaired) electrons. The van der Waals surface area contributed by atoms with Crippen LogP contribution in [0.4, 0.5) is 0 Å². The van der Waals surface area contributed by atoms with E-state index in [0.29, 0.717) is 12.1 Å². The molecule has 106 valence electrons. The van der Waals surface area contributed by atoms with E-state index in [0.717, 1.165) is 38.3 Å². The molecule has 1 aromatic carbocycles. The van der Waals surface area contributed by atoms with E-state index in [4.69, 9.17) is 9.47 Å². The number of benzene rings is 1. The van der Waals surface area contributed by atoms with Crippen LogP contribution in [-0.4, -0.2) is 25.4 Å². The Labute approximate surface area is 116 Å². The Kier molecular flexibility index (Phi) is 5.23.